The van der Waals surface area contributed by atoms with E-state index in [0.29, 0.717) is 11.4 Å². The largest absolute Gasteiger partial charge is 0.325 e. The minimum Gasteiger partial charge on any atom is -0.325 e. The zero-order valence-corrected chi connectivity index (χ0v) is 14.2. The lowest BCUT2D eigenvalue weighted by Gasteiger charge is -2.25. The number of sulfonamides is 1. The number of nitrogens with one attached hydrogen (secondary N) is 1. The minimum absolute atomic E-state index is 0.0245. The van der Waals surface area contributed by atoms with Crippen LogP contribution in [0.5, 0.6) is 0 Å². The highest BCUT2D eigenvalue weighted by Gasteiger charge is 2.26. The van der Waals surface area contributed by atoms with E-state index in [1.807, 2.05) is 38.1 Å². The van der Waals surface area contributed by atoms with Gasteiger partial charge in [-0.3, -0.25) is 4.79 Å². The second-order valence-corrected chi connectivity index (χ2v) is 7.31. The molecule has 0 saturated heterocycles. The van der Waals surface area contributed by atoms with Gasteiger partial charge >= 0.3 is 0 Å². The van der Waals surface area contributed by atoms with E-state index in [1.54, 1.807) is 12.1 Å². The SMILES string of the molecule is Cc1ccc(NC(=O)CN2C=NS(=O)(=O)c3ccc(C)cc32)cc1. The lowest BCUT2D eigenvalue weighted by atomic mass is 10.2. The highest BCUT2D eigenvalue weighted by atomic mass is 32.2. The molecule has 0 atom stereocenters. The first kappa shape index (κ1) is 16.2. The van der Waals surface area contributed by atoms with Gasteiger partial charge in [-0.25, -0.2) is 0 Å². The number of aryl methyl sites for hydroxylation is 2. The summed E-state index contributed by atoms with van der Waals surface area (Å²) < 4.78 is 27.6. The molecule has 124 valence electrons. The van der Waals surface area contributed by atoms with Gasteiger partial charge in [-0.1, -0.05) is 23.8 Å². The van der Waals surface area contributed by atoms with E-state index in [-0.39, 0.29) is 17.3 Å². The molecule has 1 aliphatic heterocycles. The van der Waals surface area contributed by atoms with Gasteiger partial charge in [0.25, 0.3) is 10.0 Å². The van der Waals surface area contributed by atoms with E-state index < -0.39 is 10.0 Å². The Morgan fingerprint density at radius 3 is 2.46 bits per heavy atom. The highest BCUT2D eigenvalue weighted by Crippen LogP contribution is 2.30. The Labute approximate surface area is 140 Å². The van der Waals surface area contributed by atoms with Crippen molar-refractivity contribution in [1.82, 2.24) is 0 Å². The topological polar surface area (TPSA) is 78.8 Å². The first-order valence-corrected chi connectivity index (χ1v) is 8.83. The van der Waals surface area contributed by atoms with E-state index >= 15 is 0 Å². The average molecular weight is 343 g/mol. The maximum absolute atomic E-state index is 12.3. The fourth-order valence-corrected chi connectivity index (χ4v) is 3.46. The molecule has 3 rings (SSSR count). The Bertz CT molecular complexity index is 919. The Morgan fingerprint density at radius 1 is 1.08 bits per heavy atom. The van der Waals surface area contributed by atoms with E-state index in [9.17, 15) is 13.2 Å². The van der Waals surface area contributed by atoms with Crippen molar-refractivity contribution < 1.29 is 13.2 Å². The predicted molar refractivity (Wildman–Crippen MR) is 94.0 cm³/mol. The molecule has 2 aromatic rings. The van der Waals surface area contributed by atoms with Crippen LogP contribution < -0.4 is 10.2 Å². The maximum Gasteiger partial charge on any atom is 0.285 e. The van der Waals surface area contributed by atoms with Crippen LogP contribution in [0.4, 0.5) is 11.4 Å². The van der Waals surface area contributed by atoms with Crippen molar-refractivity contribution in [3.05, 3.63) is 53.6 Å². The molecule has 1 heterocycles. The summed E-state index contributed by atoms with van der Waals surface area (Å²) in [6.07, 6.45) is 1.19. The van der Waals surface area contributed by atoms with Crippen molar-refractivity contribution in [1.29, 1.82) is 0 Å². The van der Waals surface area contributed by atoms with Crippen LogP contribution in [0.3, 0.4) is 0 Å². The predicted octanol–water partition coefficient (Wildman–Crippen LogP) is 2.48. The molecule has 6 nitrogen and oxygen atoms in total. The summed E-state index contributed by atoms with van der Waals surface area (Å²) in [5.41, 5.74) is 3.16. The summed E-state index contributed by atoms with van der Waals surface area (Å²) in [5, 5.41) is 2.79. The van der Waals surface area contributed by atoms with Gasteiger partial charge in [0.1, 0.15) is 17.8 Å². The van der Waals surface area contributed by atoms with Crippen molar-refractivity contribution in [2.24, 2.45) is 4.40 Å². The number of hydrogen-bond donors (Lipinski definition) is 1. The normalized spacial score (nSPS) is 15.0. The van der Waals surface area contributed by atoms with Crippen LogP contribution in [0.25, 0.3) is 0 Å². The van der Waals surface area contributed by atoms with Crippen LogP contribution in [0.15, 0.2) is 51.8 Å². The second-order valence-electron chi connectivity index (χ2n) is 5.71. The first-order valence-electron chi connectivity index (χ1n) is 7.39. The Hall–Kier alpha value is -2.67. The van der Waals surface area contributed by atoms with Crippen LogP contribution in [0.1, 0.15) is 11.1 Å². The number of rotatable bonds is 3. The van der Waals surface area contributed by atoms with Crippen molar-refractivity contribution in [3.63, 3.8) is 0 Å². The molecule has 0 radical (unpaired) electrons. The third kappa shape index (κ3) is 3.30. The molecule has 0 aliphatic carbocycles. The summed E-state index contributed by atoms with van der Waals surface area (Å²) in [6.45, 7) is 3.81. The summed E-state index contributed by atoms with van der Waals surface area (Å²) in [5.74, 6) is -0.253. The van der Waals surface area contributed by atoms with Crippen molar-refractivity contribution >= 4 is 33.6 Å². The van der Waals surface area contributed by atoms with Gasteiger partial charge in [0.15, 0.2) is 0 Å². The number of anilines is 2. The molecule has 0 saturated carbocycles. The molecule has 0 aromatic heterocycles. The smallest absolute Gasteiger partial charge is 0.285 e. The van der Waals surface area contributed by atoms with Gasteiger partial charge in [0.2, 0.25) is 5.91 Å². The minimum atomic E-state index is -3.70. The molecule has 7 heteroatoms. The number of fused-ring (bicyclic) bond motifs is 1. The van der Waals surface area contributed by atoms with Crippen LogP contribution in [-0.2, 0) is 14.8 Å². The number of nitrogens with zero attached hydrogens (tertiary/aromatic N) is 2. The summed E-state index contributed by atoms with van der Waals surface area (Å²) >= 11 is 0. The molecule has 24 heavy (non-hydrogen) atoms. The monoisotopic (exact) mass is 343 g/mol. The molecule has 0 fully saturated rings. The van der Waals surface area contributed by atoms with Crippen LogP contribution >= 0.6 is 0 Å². The van der Waals surface area contributed by atoms with E-state index in [2.05, 4.69) is 9.71 Å². The second kappa shape index (κ2) is 6.09. The van der Waals surface area contributed by atoms with Gasteiger partial charge in [-0.05, 0) is 43.7 Å². The van der Waals surface area contributed by atoms with E-state index in [0.717, 1.165) is 11.1 Å². The number of hydrogen-bond acceptors (Lipinski definition) is 4. The van der Waals surface area contributed by atoms with Crippen molar-refractivity contribution in [2.45, 2.75) is 18.7 Å². The van der Waals surface area contributed by atoms with Crippen molar-refractivity contribution in [3.8, 4) is 0 Å². The van der Waals surface area contributed by atoms with E-state index in [1.165, 1.54) is 17.3 Å². The highest BCUT2D eigenvalue weighted by molar-refractivity contribution is 7.90. The summed E-state index contributed by atoms with van der Waals surface area (Å²) in [6, 6.07) is 12.4. The maximum atomic E-state index is 12.3. The van der Waals surface area contributed by atoms with Crippen LogP contribution in [-0.4, -0.2) is 27.2 Å². The average Bonchev–Trinajstić information content (AvgIpc) is 2.52. The van der Waals surface area contributed by atoms with Gasteiger partial charge in [0.05, 0.1) is 5.69 Å². The quantitative estimate of drug-likeness (QED) is 0.928. The molecule has 1 aliphatic rings. The fourth-order valence-electron chi connectivity index (χ4n) is 2.43. The van der Waals surface area contributed by atoms with E-state index in [4.69, 9.17) is 0 Å². The zero-order valence-electron chi connectivity index (χ0n) is 13.4. The van der Waals surface area contributed by atoms with Crippen molar-refractivity contribution in [2.75, 3.05) is 16.8 Å². The number of amides is 1. The molecule has 0 unspecified atom stereocenters. The Morgan fingerprint density at radius 2 is 1.75 bits per heavy atom. The fraction of sp³-hybridized carbons (Fsp3) is 0.176. The summed E-state index contributed by atoms with van der Waals surface area (Å²) in [7, 11) is -3.70. The van der Waals surface area contributed by atoms with Gasteiger partial charge < -0.3 is 10.2 Å². The van der Waals surface area contributed by atoms with Gasteiger partial charge in [-0.2, -0.15) is 8.42 Å². The number of carbonyl (C=O) groups excluding carboxylic acids is 1. The third-order valence-electron chi connectivity index (χ3n) is 3.68. The first-order chi connectivity index (χ1) is 11.3. The Kier molecular flexibility index (Phi) is 4.11. The number of carbonyl (C=O) groups is 1. The Balaban J connectivity index is 1.82. The lowest BCUT2D eigenvalue weighted by molar-refractivity contribution is -0.114. The van der Waals surface area contributed by atoms with Crippen LogP contribution in [0, 0.1) is 13.8 Å². The molecule has 0 bridgehead atoms. The zero-order chi connectivity index (χ0) is 17.3. The molecular weight excluding hydrogens is 326 g/mol. The van der Waals surface area contributed by atoms with Crippen LogP contribution in [0.2, 0.25) is 0 Å². The molecule has 2 aromatic carbocycles. The summed E-state index contributed by atoms with van der Waals surface area (Å²) in [4.78, 5) is 13.9. The lowest BCUT2D eigenvalue weighted by Crippen LogP contribution is -2.35. The number of benzene rings is 2. The molecule has 1 N–H and O–H groups in total. The molecule has 1 amide bonds. The van der Waals surface area contributed by atoms with Gasteiger partial charge in [0, 0.05) is 5.69 Å². The third-order valence-corrected chi connectivity index (χ3v) is 4.95. The molecular formula is C17H17N3O3S. The van der Waals surface area contributed by atoms with Gasteiger partial charge in [-0.15, -0.1) is 4.40 Å². The standard InChI is InChI=1S/C17H17N3O3S/c1-12-3-6-14(7-4-12)19-17(21)10-20-11-18-24(22,23)16-8-5-13(2)9-15(16)20/h3-9,11H,10H2,1-2H3,(H,19,21). The molecule has 0 spiro atoms.